The summed E-state index contributed by atoms with van der Waals surface area (Å²) < 4.78 is 44.9. The van der Waals surface area contributed by atoms with Crippen LogP contribution in [0.5, 0.6) is 0 Å². The first-order valence-electron chi connectivity index (χ1n) is 11.0. The fraction of sp³-hybridized carbons (Fsp3) is 0.619. The molecule has 0 radical (unpaired) electrons. The first-order valence-corrected chi connectivity index (χ1v) is 11.0. The van der Waals surface area contributed by atoms with E-state index in [0.29, 0.717) is 36.0 Å². The number of likely N-dealkylation sites (N-methyl/N-ethyl adjacent to an activating group) is 1. The van der Waals surface area contributed by atoms with E-state index in [-0.39, 0.29) is 30.2 Å². The molecule has 2 aromatic rings. The number of carbonyl (C=O) groups is 1. The molecule has 1 aliphatic carbocycles. The van der Waals surface area contributed by atoms with Gasteiger partial charge in [-0.25, -0.2) is 4.98 Å². The van der Waals surface area contributed by atoms with Gasteiger partial charge in [0, 0.05) is 19.1 Å². The second-order valence-corrected chi connectivity index (χ2v) is 9.64. The number of anilines is 3. The van der Waals surface area contributed by atoms with Crippen molar-refractivity contribution in [1.29, 1.82) is 0 Å². The second-order valence-electron chi connectivity index (χ2n) is 9.64. The third-order valence-corrected chi connectivity index (χ3v) is 5.81. The fourth-order valence-corrected chi connectivity index (χ4v) is 3.89. The van der Waals surface area contributed by atoms with E-state index in [1.165, 1.54) is 0 Å². The minimum absolute atomic E-state index is 0.0108. The molecule has 2 aliphatic rings. The topological polar surface area (TPSA) is 109 Å². The molecule has 34 heavy (non-hydrogen) atoms. The lowest BCUT2D eigenvalue weighted by Crippen LogP contribution is -2.50. The van der Waals surface area contributed by atoms with E-state index in [9.17, 15) is 18.0 Å². The largest absolute Gasteiger partial charge is 0.435 e. The Kier molecular flexibility index (Phi) is 6.08. The molecule has 13 heteroatoms. The summed E-state index contributed by atoms with van der Waals surface area (Å²) in [6, 6.07) is 0.213. The van der Waals surface area contributed by atoms with Crippen LogP contribution < -0.4 is 21.0 Å². The molecule has 1 amide bonds. The van der Waals surface area contributed by atoms with Crippen LogP contribution in [0.25, 0.3) is 0 Å². The molecule has 0 bridgehead atoms. The van der Waals surface area contributed by atoms with E-state index >= 15 is 0 Å². The standard InChI is InChI=1S/C21H29F3N8O2/c1-11-16-17(31(5)14(18(33)28-16)10-34-20(2,3)4)29-19(26-11)27-12-8-13(9-12)30-32-15(6-7-25-32)21(22,23)24/h6-7,12-14,30H,8-10H2,1-5H3,(H,28,33)(H,26,27,29)/t12?,13?,14-/m0/s1. The van der Waals surface area contributed by atoms with Gasteiger partial charge in [-0.2, -0.15) is 28.0 Å². The lowest BCUT2D eigenvalue weighted by Gasteiger charge is -2.38. The number of nitrogens with one attached hydrogen (secondary N) is 3. The van der Waals surface area contributed by atoms with Crippen LogP contribution in [0.2, 0.25) is 0 Å². The Hall–Kier alpha value is -3.09. The van der Waals surface area contributed by atoms with Crippen molar-refractivity contribution >= 4 is 23.4 Å². The zero-order chi connectivity index (χ0) is 24.8. The van der Waals surface area contributed by atoms with E-state index in [1.807, 2.05) is 20.8 Å². The van der Waals surface area contributed by atoms with E-state index in [2.05, 4.69) is 31.1 Å². The molecule has 0 unspecified atom stereocenters. The summed E-state index contributed by atoms with van der Waals surface area (Å²) in [5.41, 5.74) is 2.73. The number of ether oxygens (including phenoxy) is 1. The lowest BCUT2D eigenvalue weighted by atomic mass is 9.87. The number of rotatable bonds is 6. The molecule has 1 fully saturated rings. The van der Waals surface area contributed by atoms with Crippen LogP contribution in [-0.4, -0.2) is 63.1 Å². The first-order chi connectivity index (χ1) is 15.8. The maximum atomic E-state index is 13.0. The van der Waals surface area contributed by atoms with Crippen LogP contribution in [-0.2, 0) is 15.7 Å². The van der Waals surface area contributed by atoms with Crippen molar-refractivity contribution in [1.82, 2.24) is 19.9 Å². The Morgan fingerprint density at radius 1 is 1.21 bits per heavy atom. The number of aryl methyl sites for hydroxylation is 1. The Morgan fingerprint density at radius 3 is 2.56 bits per heavy atom. The number of amides is 1. The molecule has 0 saturated heterocycles. The minimum atomic E-state index is -4.48. The third kappa shape index (κ3) is 5.03. The van der Waals surface area contributed by atoms with Crippen molar-refractivity contribution in [3.8, 4) is 0 Å². The molecule has 0 spiro atoms. The number of carbonyl (C=O) groups excluding carboxylic acids is 1. The summed E-state index contributed by atoms with van der Waals surface area (Å²) >= 11 is 0. The van der Waals surface area contributed by atoms with E-state index in [0.717, 1.165) is 17.1 Å². The number of halogens is 3. The molecular weight excluding hydrogens is 453 g/mol. The van der Waals surface area contributed by atoms with Gasteiger partial charge in [0.1, 0.15) is 11.7 Å². The lowest BCUT2D eigenvalue weighted by molar-refractivity contribution is -0.143. The third-order valence-electron chi connectivity index (χ3n) is 5.81. The number of nitrogens with zero attached hydrogens (tertiary/aromatic N) is 5. The molecule has 186 valence electrons. The molecule has 1 atom stereocenters. The smallest absolute Gasteiger partial charge is 0.373 e. The van der Waals surface area contributed by atoms with E-state index < -0.39 is 17.9 Å². The van der Waals surface area contributed by atoms with Crippen molar-refractivity contribution < 1.29 is 22.7 Å². The molecule has 3 heterocycles. The van der Waals surface area contributed by atoms with Crippen LogP contribution in [0.3, 0.4) is 0 Å². The zero-order valence-corrected chi connectivity index (χ0v) is 19.7. The Bertz CT molecular complexity index is 1060. The first kappa shape index (κ1) is 24.0. The van der Waals surface area contributed by atoms with Crippen molar-refractivity contribution in [2.45, 2.75) is 70.4 Å². The Morgan fingerprint density at radius 2 is 1.91 bits per heavy atom. The van der Waals surface area contributed by atoms with E-state index in [4.69, 9.17) is 4.74 Å². The van der Waals surface area contributed by atoms with Gasteiger partial charge in [-0.1, -0.05) is 0 Å². The van der Waals surface area contributed by atoms with Crippen LogP contribution >= 0.6 is 0 Å². The summed E-state index contributed by atoms with van der Waals surface area (Å²) in [6.45, 7) is 7.76. The van der Waals surface area contributed by atoms with Crippen molar-refractivity contribution in [3.63, 3.8) is 0 Å². The van der Waals surface area contributed by atoms with Gasteiger partial charge in [-0.15, -0.1) is 0 Å². The highest BCUT2D eigenvalue weighted by Gasteiger charge is 2.38. The van der Waals surface area contributed by atoms with Crippen LogP contribution in [0.4, 0.5) is 30.6 Å². The van der Waals surface area contributed by atoms with Gasteiger partial charge < -0.3 is 25.7 Å². The summed E-state index contributed by atoms with van der Waals surface area (Å²) in [5.74, 6) is 0.794. The normalized spacial score (nSPS) is 22.6. The van der Waals surface area contributed by atoms with E-state index in [1.54, 1.807) is 18.9 Å². The van der Waals surface area contributed by atoms with Gasteiger partial charge in [0.2, 0.25) is 11.9 Å². The number of alkyl halides is 3. The number of hydrogen-bond acceptors (Lipinski definition) is 8. The summed E-state index contributed by atoms with van der Waals surface area (Å²) in [5, 5.41) is 9.83. The highest BCUT2D eigenvalue weighted by Crippen LogP contribution is 2.34. The highest BCUT2D eigenvalue weighted by molar-refractivity contribution is 6.03. The molecule has 10 nitrogen and oxygen atoms in total. The quantitative estimate of drug-likeness (QED) is 0.577. The average Bonchev–Trinajstić information content (AvgIpc) is 3.15. The van der Waals surface area contributed by atoms with Crippen molar-refractivity contribution in [2.24, 2.45) is 0 Å². The zero-order valence-electron chi connectivity index (χ0n) is 19.7. The summed E-state index contributed by atoms with van der Waals surface area (Å²) in [4.78, 5) is 24.2. The van der Waals surface area contributed by atoms with Crippen molar-refractivity contribution in [3.05, 3.63) is 23.7 Å². The van der Waals surface area contributed by atoms with Gasteiger partial charge in [-0.05, 0) is 46.6 Å². The Labute approximate surface area is 195 Å². The van der Waals surface area contributed by atoms with Gasteiger partial charge >= 0.3 is 6.18 Å². The SMILES string of the molecule is Cc1nc(NC2CC(Nn3nccc3C(F)(F)F)C2)nc2c1NC(=O)[C@H](COC(C)(C)C)N2C. The monoisotopic (exact) mass is 482 g/mol. The number of aromatic nitrogens is 4. The molecule has 1 saturated carbocycles. The maximum absolute atomic E-state index is 13.0. The predicted octanol–water partition coefficient (Wildman–Crippen LogP) is 2.76. The summed E-state index contributed by atoms with van der Waals surface area (Å²) in [6.07, 6.45) is -2.21. The summed E-state index contributed by atoms with van der Waals surface area (Å²) in [7, 11) is 1.79. The molecule has 1 aliphatic heterocycles. The van der Waals surface area contributed by atoms with Crippen LogP contribution in [0.1, 0.15) is 45.0 Å². The molecule has 0 aromatic carbocycles. The maximum Gasteiger partial charge on any atom is 0.435 e. The van der Waals surface area contributed by atoms with Gasteiger partial charge in [0.15, 0.2) is 11.5 Å². The number of hydrogen-bond donors (Lipinski definition) is 3. The van der Waals surface area contributed by atoms with Gasteiger partial charge in [-0.3, -0.25) is 4.79 Å². The fourth-order valence-electron chi connectivity index (χ4n) is 3.89. The van der Waals surface area contributed by atoms with Gasteiger partial charge in [0.05, 0.1) is 24.1 Å². The molecular formula is C21H29F3N8O2. The molecule has 3 N–H and O–H groups in total. The van der Waals surface area contributed by atoms with Crippen molar-refractivity contribution in [2.75, 3.05) is 34.6 Å². The second kappa shape index (κ2) is 8.60. The van der Waals surface area contributed by atoms with Crippen LogP contribution in [0, 0.1) is 6.92 Å². The predicted molar refractivity (Wildman–Crippen MR) is 120 cm³/mol. The average molecular weight is 483 g/mol. The van der Waals surface area contributed by atoms with Gasteiger partial charge in [0.25, 0.3) is 0 Å². The molecule has 2 aromatic heterocycles. The number of fused-ring (bicyclic) bond motifs is 1. The van der Waals surface area contributed by atoms with Crippen LogP contribution in [0.15, 0.2) is 12.3 Å². The Balaban J connectivity index is 1.40. The molecule has 4 rings (SSSR count). The minimum Gasteiger partial charge on any atom is -0.373 e. The highest BCUT2D eigenvalue weighted by atomic mass is 19.4.